The van der Waals surface area contributed by atoms with Gasteiger partial charge in [-0.25, -0.2) is 4.98 Å². The van der Waals surface area contributed by atoms with Crippen LogP contribution in [0.4, 0.5) is 0 Å². The molecule has 4 nitrogen and oxygen atoms in total. The fourth-order valence-electron chi connectivity index (χ4n) is 1.80. The zero-order valence-electron chi connectivity index (χ0n) is 10.9. The molecule has 1 heterocycles. The highest BCUT2D eigenvalue weighted by Crippen LogP contribution is 2.34. The van der Waals surface area contributed by atoms with Crippen LogP contribution in [0.5, 0.6) is 0 Å². The Balaban J connectivity index is 2.34. The second kappa shape index (κ2) is 7.28. The summed E-state index contributed by atoms with van der Waals surface area (Å²) in [5.41, 5.74) is 0.134. The quantitative estimate of drug-likeness (QED) is 0.748. The maximum Gasteiger partial charge on any atom is 0.256 e. The van der Waals surface area contributed by atoms with Gasteiger partial charge in [-0.05, 0) is 12.1 Å². The molecule has 1 atom stereocenters. The van der Waals surface area contributed by atoms with E-state index in [9.17, 15) is 4.79 Å². The van der Waals surface area contributed by atoms with Crippen LogP contribution in [-0.2, 0) is 0 Å². The summed E-state index contributed by atoms with van der Waals surface area (Å²) < 4.78 is 0.0800. The fourth-order valence-corrected chi connectivity index (χ4v) is 2.85. The van der Waals surface area contributed by atoms with Gasteiger partial charge in [-0.2, -0.15) is 0 Å². The molecule has 0 aliphatic carbocycles. The molecule has 0 bridgehead atoms. The molecule has 1 N–H and O–H groups in total. The normalized spacial score (nSPS) is 13.0. The summed E-state index contributed by atoms with van der Waals surface area (Å²) in [7, 11) is 0. The van der Waals surface area contributed by atoms with Gasteiger partial charge in [0.1, 0.15) is 6.17 Å². The number of hydrogen-bond donors (Lipinski definition) is 1. The smallest absolute Gasteiger partial charge is 0.256 e. The van der Waals surface area contributed by atoms with E-state index in [4.69, 9.17) is 58.0 Å². The first kappa shape index (κ1) is 17.7. The van der Waals surface area contributed by atoms with Crippen molar-refractivity contribution in [3.05, 3.63) is 52.5 Å². The summed E-state index contributed by atoms with van der Waals surface area (Å²) in [5.74, 6) is -0.639. The van der Waals surface area contributed by atoms with Gasteiger partial charge in [0.05, 0.1) is 27.8 Å². The van der Waals surface area contributed by atoms with E-state index in [-0.39, 0.29) is 21.5 Å². The number of imidazole rings is 1. The number of nitrogens with one attached hydrogen (secondary N) is 1. The SMILES string of the molecule is O=C(NC(n1ccnc1)C(Cl)(Cl)CCl)c1c(Cl)cccc1Cl. The molecule has 0 spiro atoms. The van der Waals surface area contributed by atoms with Crippen molar-refractivity contribution in [2.45, 2.75) is 10.5 Å². The number of nitrogens with zero attached hydrogens (tertiary/aromatic N) is 2. The zero-order valence-corrected chi connectivity index (χ0v) is 14.7. The topological polar surface area (TPSA) is 46.9 Å². The summed E-state index contributed by atoms with van der Waals surface area (Å²) in [6, 6.07) is 4.76. The molecule has 0 aliphatic heterocycles. The van der Waals surface area contributed by atoms with Gasteiger partial charge in [-0.3, -0.25) is 4.79 Å². The van der Waals surface area contributed by atoms with Gasteiger partial charge in [0.15, 0.2) is 4.33 Å². The number of halogens is 5. The monoisotopic (exact) mass is 399 g/mol. The maximum absolute atomic E-state index is 12.5. The van der Waals surface area contributed by atoms with E-state index in [1.165, 1.54) is 17.1 Å². The number of benzene rings is 1. The number of amides is 1. The van der Waals surface area contributed by atoms with Crippen LogP contribution in [0.2, 0.25) is 10.0 Å². The fraction of sp³-hybridized carbons (Fsp3) is 0.231. The lowest BCUT2D eigenvalue weighted by Gasteiger charge is -2.30. The summed E-state index contributed by atoms with van der Waals surface area (Å²) in [4.78, 5) is 16.4. The number of alkyl halides is 3. The first-order chi connectivity index (χ1) is 10.4. The Labute approximate surface area is 152 Å². The molecule has 9 heteroatoms. The molecule has 1 unspecified atom stereocenters. The number of rotatable bonds is 5. The third-order valence-electron chi connectivity index (χ3n) is 2.86. The second-order valence-corrected chi connectivity index (χ2v) is 7.00. The van der Waals surface area contributed by atoms with Gasteiger partial charge in [-0.1, -0.05) is 52.5 Å². The van der Waals surface area contributed by atoms with Crippen LogP contribution in [0.15, 0.2) is 36.9 Å². The van der Waals surface area contributed by atoms with Crippen molar-refractivity contribution in [1.82, 2.24) is 14.9 Å². The summed E-state index contributed by atoms with van der Waals surface area (Å²) in [6.45, 7) is 0. The lowest BCUT2D eigenvalue weighted by atomic mass is 10.2. The zero-order chi connectivity index (χ0) is 16.3. The molecule has 2 aromatic rings. The standard InChI is InChI=1S/C13H10Cl5N3O/c14-6-13(17,18)12(21-5-4-19-7-21)20-11(22)10-8(15)2-1-3-9(10)16/h1-5,7,12H,6H2,(H,20,22). The number of hydrogen-bond acceptors (Lipinski definition) is 2. The maximum atomic E-state index is 12.5. The van der Waals surface area contributed by atoms with Crippen LogP contribution in [0.3, 0.4) is 0 Å². The number of carbonyl (C=O) groups excluding carboxylic acids is 1. The molecule has 22 heavy (non-hydrogen) atoms. The average molecular weight is 402 g/mol. The van der Waals surface area contributed by atoms with Crippen molar-refractivity contribution < 1.29 is 4.79 Å². The Morgan fingerprint density at radius 2 is 1.95 bits per heavy atom. The van der Waals surface area contributed by atoms with Crippen molar-refractivity contribution in [1.29, 1.82) is 0 Å². The molecule has 0 saturated carbocycles. The minimum absolute atomic E-state index is 0.116. The molecule has 1 aromatic heterocycles. The molecular formula is C13H10Cl5N3O. The number of carbonyl (C=O) groups is 1. The molecule has 0 radical (unpaired) electrons. The molecule has 0 aliphatic rings. The third-order valence-corrected chi connectivity index (χ3v) is 4.86. The van der Waals surface area contributed by atoms with Crippen LogP contribution >= 0.6 is 58.0 Å². The van der Waals surface area contributed by atoms with Crippen LogP contribution in [0.1, 0.15) is 16.5 Å². The Bertz CT molecular complexity index is 639. The van der Waals surface area contributed by atoms with Crippen molar-refractivity contribution >= 4 is 63.9 Å². The third kappa shape index (κ3) is 3.81. The van der Waals surface area contributed by atoms with Crippen molar-refractivity contribution in [3.8, 4) is 0 Å². The van der Waals surface area contributed by atoms with Gasteiger partial charge >= 0.3 is 0 Å². The lowest BCUT2D eigenvalue weighted by molar-refractivity contribution is 0.0916. The van der Waals surface area contributed by atoms with Crippen LogP contribution in [0.25, 0.3) is 0 Å². The van der Waals surface area contributed by atoms with Crippen molar-refractivity contribution in [2.75, 3.05) is 5.88 Å². The first-order valence-electron chi connectivity index (χ1n) is 6.03. The minimum atomic E-state index is -1.45. The van der Waals surface area contributed by atoms with Crippen LogP contribution < -0.4 is 5.32 Å². The molecule has 1 aromatic carbocycles. The van der Waals surface area contributed by atoms with Crippen molar-refractivity contribution in [2.24, 2.45) is 0 Å². The highest BCUT2D eigenvalue weighted by Gasteiger charge is 2.37. The van der Waals surface area contributed by atoms with Crippen LogP contribution in [-0.4, -0.2) is 25.7 Å². The number of aromatic nitrogens is 2. The van der Waals surface area contributed by atoms with E-state index in [0.29, 0.717) is 0 Å². The van der Waals surface area contributed by atoms with Gasteiger partial charge < -0.3 is 9.88 Å². The average Bonchev–Trinajstić information content (AvgIpc) is 2.98. The van der Waals surface area contributed by atoms with Crippen LogP contribution in [0, 0.1) is 0 Å². The van der Waals surface area contributed by atoms with E-state index in [2.05, 4.69) is 10.3 Å². The van der Waals surface area contributed by atoms with Gasteiger partial charge in [0.25, 0.3) is 5.91 Å². The molecule has 0 fully saturated rings. The van der Waals surface area contributed by atoms with Crippen molar-refractivity contribution in [3.63, 3.8) is 0 Å². The van der Waals surface area contributed by atoms with E-state index >= 15 is 0 Å². The molecule has 118 valence electrons. The summed E-state index contributed by atoms with van der Waals surface area (Å²) in [6.07, 6.45) is 3.74. The van der Waals surface area contributed by atoms with Gasteiger partial charge in [0.2, 0.25) is 0 Å². The highest BCUT2D eigenvalue weighted by atomic mass is 35.5. The minimum Gasteiger partial charge on any atom is -0.329 e. The Hall–Kier alpha value is -0.650. The Kier molecular flexibility index (Phi) is 5.86. The molecule has 0 saturated heterocycles. The molecule has 1 amide bonds. The Morgan fingerprint density at radius 1 is 1.32 bits per heavy atom. The molecular weight excluding hydrogens is 391 g/mol. The molecule has 2 rings (SSSR count). The highest BCUT2D eigenvalue weighted by molar-refractivity contribution is 6.52. The second-order valence-electron chi connectivity index (χ2n) is 4.38. The van der Waals surface area contributed by atoms with E-state index in [0.717, 1.165) is 0 Å². The first-order valence-corrected chi connectivity index (χ1v) is 8.07. The largest absolute Gasteiger partial charge is 0.329 e. The lowest BCUT2D eigenvalue weighted by Crippen LogP contribution is -2.43. The van der Waals surface area contributed by atoms with E-state index in [1.54, 1.807) is 24.4 Å². The summed E-state index contributed by atoms with van der Waals surface area (Å²) in [5, 5.41) is 3.11. The predicted octanol–water partition coefficient (Wildman–Crippen LogP) is 4.53. The van der Waals surface area contributed by atoms with Gasteiger partial charge in [0, 0.05) is 12.4 Å². The summed E-state index contributed by atoms with van der Waals surface area (Å²) >= 11 is 30.2. The van der Waals surface area contributed by atoms with Gasteiger partial charge in [-0.15, -0.1) is 11.6 Å². The van der Waals surface area contributed by atoms with E-state index in [1.807, 2.05) is 0 Å². The Morgan fingerprint density at radius 3 is 2.45 bits per heavy atom. The predicted molar refractivity (Wildman–Crippen MR) is 90.3 cm³/mol. The van der Waals surface area contributed by atoms with E-state index < -0.39 is 16.4 Å².